The van der Waals surface area contributed by atoms with E-state index in [4.69, 9.17) is 14.4 Å². The van der Waals surface area contributed by atoms with Crippen LogP contribution in [0, 0.1) is 0 Å². The predicted octanol–water partition coefficient (Wildman–Crippen LogP) is 12.4. The summed E-state index contributed by atoms with van der Waals surface area (Å²) in [7, 11) is 0. The van der Waals surface area contributed by atoms with Crippen LogP contribution in [-0.2, 0) is 0 Å². The number of nitrogens with zero attached hydrogens (tertiary/aromatic N) is 2. The highest BCUT2D eigenvalue weighted by atomic mass is 16.3. The first-order chi connectivity index (χ1) is 24.3. The van der Waals surface area contributed by atoms with Gasteiger partial charge in [0.2, 0.25) is 0 Å². The number of hydrogen-bond acceptors (Lipinski definition) is 3. The lowest BCUT2D eigenvalue weighted by Crippen LogP contribution is -1.96. The summed E-state index contributed by atoms with van der Waals surface area (Å²) in [5, 5.41) is 2.10. The quantitative estimate of drug-likeness (QED) is 0.184. The SMILES string of the molecule is c1ccc(-c2cc(-c3cccc4oc5ccc(-c6ccc(-c7ccccc7)c(-c7ccccc7)c6)cc5c34)nc(-c3ccccc3)n2)cc1. The topological polar surface area (TPSA) is 38.9 Å². The molecule has 0 N–H and O–H groups in total. The van der Waals surface area contributed by atoms with Gasteiger partial charge in [0.25, 0.3) is 0 Å². The summed E-state index contributed by atoms with van der Waals surface area (Å²) in [5.41, 5.74) is 13.5. The van der Waals surface area contributed by atoms with E-state index in [0.717, 1.165) is 61.1 Å². The first kappa shape index (κ1) is 28.6. The summed E-state index contributed by atoms with van der Waals surface area (Å²) in [6, 6.07) is 63.3. The van der Waals surface area contributed by atoms with Gasteiger partial charge in [0, 0.05) is 27.5 Å². The lowest BCUT2D eigenvalue weighted by molar-refractivity contribution is 0.669. The molecule has 0 atom stereocenters. The highest BCUT2D eigenvalue weighted by molar-refractivity contribution is 6.13. The summed E-state index contributed by atoms with van der Waals surface area (Å²) < 4.78 is 6.46. The van der Waals surface area contributed by atoms with Gasteiger partial charge in [-0.3, -0.25) is 0 Å². The van der Waals surface area contributed by atoms with Crippen molar-refractivity contribution in [3.63, 3.8) is 0 Å². The van der Waals surface area contributed by atoms with Crippen LogP contribution < -0.4 is 0 Å². The zero-order valence-corrected chi connectivity index (χ0v) is 26.6. The average Bonchev–Trinajstić information content (AvgIpc) is 3.57. The molecule has 49 heavy (non-hydrogen) atoms. The van der Waals surface area contributed by atoms with Gasteiger partial charge >= 0.3 is 0 Å². The van der Waals surface area contributed by atoms with Gasteiger partial charge in [-0.25, -0.2) is 9.97 Å². The summed E-state index contributed by atoms with van der Waals surface area (Å²) in [5.74, 6) is 0.689. The largest absolute Gasteiger partial charge is 0.456 e. The van der Waals surface area contributed by atoms with Crippen molar-refractivity contribution in [1.82, 2.24) is 9.97 Å². The Morgan fingerprint density at radius 1 is 0.327 bits per heavy atom. The Bertz CT molecular complexity index is 2520. The van der Waals surface area contributed by atoms with Crippen LogP contribution in [0.5, 0.6) is 0 Å². The third kappa shape index (κ3) is 5.38. The van der Waals surface area contributed by atoms with Crippen molar-refractivity contribution >= 4 is 21.9 Å². The van der Waals surface area contributed by atoms with Crippen LogP contribution in [0.2, 0.25) is 0 Å². The summed E-state index contributed by atoms with van der Waals surface area (Å²) >= 11 is 0. The number of furan rings is 1. The van der Waals surface area contributed by atoms with Crippen molar-refractivity contribution in [2.24, 2.45) is 0 Å². The fraction of sp³-hybridized carbons (Fsp3) is 0. The second kappa shape index (κ2) is 12.2. The van der Waals surface area contributed by atoms with Crippen molar-refractivity contribution in [1.29, 1.82) is 0 Å². The molecule has 0 saturated carbocycles. The summed E-state index contributed by atoms with van der Waals surface area (Å²) in [6.45, 7) is 0. The molecular formula is C46H30N2O. The van der Waals surface area contributed by atoms with Crippen molar-refractivity contribution in [2.75, 3.05) is 0 Å². The van der Waals surface area contributed by atoms with E-state index in [0.29, 0.717) is 5.82 Å². The number of rotatable bonds is 6. The molecule has 3 nitrogen and oxygen atoms in total. The van der Waals surface area contributed by atoms with E-state index in [1.165, 1.54) is 22.3 Å². The molecule has 0 aliphatic heterocycles. The zero-order valence-electron chi connectivity index (χ0n) is 26.6. The second-order valence-corrected chi connectivity index (χ2v) is 12.2. The number of benzene rings is 7. The first-order valence-corrected chi connectivity index (χ1v) is 16.5. The van der Waals surface area contributed by atoms with Gasteiger partial charge < -0.3 is 4.42 Å². The molecular weight excluding hydrogens is 597 g/mol. The van der Waals surface area contributed by atoms with Gasteiger partial charge in [-0.15, -0.1) is 0 Å². The van der Waals surface area contributed by atoms with Crippen molar-refractivity contribution in [2.45, 2.75) is 0 Å². The zero-order chi connectivity index (χ0) is 32.6. The van der Waals surface area contributed by atoms with Gasteiger partial charge in [0.1, 0.15) is 11.2 Å². The van der Waals surface area contributed by atoms with Crippen molar-refractivity contribution in [3.05, 3.63) is 182 Å². The van der Waals surface area contributed by atoms with Crippen LogP contribution in [0.4, 0.5) is 0 Å². The Morgan fingerprint density at radius 2 is 0.898 bits per heavy atom. The first-order valence-electron chi connectivity index (χ1n) is 16.5. The molecule has 0 saturated heterocycles. The fourth-order valence-corrected chi connectivity index (χ4v) is 6.73. The molecule has 0 unspecified atom stereocenters. The van der Waals surface area contributed by atoms with Gasteiger partial charge in [-0.05, 0) is 63.7 Å². The van der Waals surface area contributed by atoms with Crippen molar-refractivity contribution < 1.29 is 4.42 Å². The Morgan fingerprint density at radius 3 is 1.59 bits per heavy atom. The number of hydrogen-bond donors (Lipinski definition) is 0. The third-order valence-corrected chi connectivity index (χ3v) is 9.12. The fourth-order valence-electron chi connectivity index (χ4n) is 6.73. The number of aromatic nitrogens is 2. The standard InChI is InChI=1S/C46H30N2O/c1-5-14-31(15-6-1)37-26-24-35(28-39(37)32-16-7-2-8-17-32)36-25-27-43-40(29-36)45-38(22-13-23-44(45)49-43)42-30-41(33-18-9-3-10-19-33)47-46(48-42)34-20-11-4-12-21-34/h1-30H. The molecule has 230 valence electrons. The normalized spacial score (nSPS) is 11.3. The summed E-state index contributed by atoms with van der Waals surface area (Å²) in [4.78, 5) is 10.2. The molecule has 0 amide bonds. The molecule has 9 rings (SSSR count). The van der Waals surface area contributed by atoms with Crippen LogP contribution in [-0.4, -0.2) is 9.97 Å². The average molecular weight is 627 g/mol. The minimum atomic E-state index is 0.689. The van der Waals surface area contributed by atoms with Crippen molar-refractivity contribution in [3.8, 4) is 67.3 Å². The Labute approximate surface area is 284 Å². The van der Waals surface area contributed by atoms with Crippen LogP contribution in [0.3, 0.4) is 0 Å². The monoisotopic (exact) mass is 626 g/mol. The van der Waals surface area contributed by atoms with Crippen LogP contribution in [0.1, 0.15) is 0 Å². The highest BCUT2D eigenvalue weighted by Crippen LogP contribution is 2.41. The van der Waals surface area contributed by atoms with E-state index in [1.54, 1.807) is 0 Å². The van der Waals surface area contributed by atoms with E-state index >= 15 is 0 Å². The minimum Gasteiger partial charge on any atom is -0.456 e. The second-order valence-electron chi connectivity index (χ2n) is 12.2. The number of fused-ring (bicyclic) bond motifs is 3. The van der Waals surface area contributed by atoms with Gasteiger partial charge in [-0.2, -0.15) is 0 Å². The molecule has 0 aliphatic rings. The van der Waals surface area contributed by atoms with E-state index in [1.807, 2.05) is 48.5 Å². The molecule has 2 aromatic heterocycles. The van der Waals surface area contributed by atoms with E-state index in [9.17, 15) is 0 Å². The Kier molecular flexibility index (Phi) is 7.14. The van der Waals surface area contributed by atoms with E-state index in [2.05, 4.69) is 133 Å². The molecule has 0 bridgehead atoms. The lowest BCUT2D eigenvalue weighted by atomic mass is 9.90. The molecule has 9 aromatic rings. The maximum absolute atomic E-state index is 6.46. The minimum absolute atomic E-state index is 0.689. The van der Waals surface area contributed by atoms with Gasteiger partial charge in [-0.1, -0.05) is 152 Å². The summed E-state index contributed by atoms with van der Waals surface area (Å²) in [6.07, 6.45) is 0. The molecule has 0 spiro atoms. The van der Waals surface area contributed by atoms with E-state index in [-0.39, 0.29) is 0 Å². The molecule has 3 heteroatoms. The molecule has 2 heterocycles. The maximum atomic E-state index is 6.46. The molecule has 0 aliphatic carbocycles. The van der Waals surface area contributed by atoms with Gasteiger partial charge in [0.15, 0.2) is 5.82 Å². The molecule has 0 fully saturated rings. The Hall–Kier alpha value is -6.58. The lowest BCUT2D eigenvalue weighted by Gasteiger charge is -2.13. The van der Waals surface area contributed by atoms with Crippen LogP contribution >= 0.6 is 0 Å². The maximum Gasteiger partial charge on any atom is 0.160 e. The van der Waals surface area contributed by atoms with Gasteiger partial charge in [0.05, 0.1) is 11.4 Å². The van der Waals surface area contributed by atoms with Crippen LogP contribution in [0.25, 0.3) is 89.2 Å². The van der Waals surface area contributed by atoms with E-state index < -0.39 is 0 Å². The molecule has 7 aromatic carbocycles. The third-order valence-electron chi connectivity index (χ3n) is 9.12. The predicted molar refractivity (Wildman–Crippen MR) is 202 cm³/mol. The highest BCUT2D eigenvalue weighted by Gasteiger charge is 2.18. The van der Waals surface area contributed by atoms with Crippen LogP contribution in [0.15, 0.2) is 186 Å². The molecule has 0 radical (unpaired) electrons. The smallest absolute Gasteiger partial charge is 0.160 e. The Balaban J connectivity index is 1.23.